The fourth-order valence-electron chi connectivity index (χ4n) is 3.03. The molecule has 0 unspecified atom stereocenters. The third-order valence-corrected chi connectivity index (χ3v) is 4.44. The van der Waals surface area contributed by atoms with E-state index in [1.165, 1.54) is 13.0 Å². The summed E-state index contributed by atoms with van der Waals surface area (Å²) in [6, 6.07) is 6.52. The molecular formula is C21H23F3N2O3. The van der Waals surface area contributed by atoms with Gasteiger partial charge in [-0.05, 0) is 24.0 Å². The number of ether oxygens (including phenoxy) is 1. The predicted octanol–water partition coefficient (Wildman–Crippen LogP) is 4.59. The molecule has 1 aromatic carbocycles. The molecule has 0 aliphatic rings. The van der Waals surface area contributed by atoms with E-state index in [4.69, 9.17) is 4.74 Å². The highest BCUT2D eigenvalue weighted by Gasteiger charge is 2.47. The first-order valence-electron chi connectivity index (χ1n) is 9.15. The molecule has 29 heavy (non-hydrogen) atoms. The molecule has 0 spiro atoms. The van der Waals surface area contributed by atoms with Gasteiger partial charge in [0.15, 0.2) is 11.3 Å². The van der Waals surface area contributed by atoms with Crippen LogP contribution in [0.3, 0.4) is 0 Å². The molecule has 0 saturated carbocycles. The van der Waals surface area contributed by atoms with Crippen LogP contribution in [0.1, 0.15) is 46.7 Å². The summed E-state index contributed by atoms with van der Waals surface area (Å²) >= 11 is 0. The second kappa shape index (κ2) is 8.98. The molecule has 0 atom stereocenters. The van der Waals surface area contributed by atoms with Crippen LogP contribution in [0, 0.1) is 12.1 Å². The summed E-state index contributed by atoms with van der Waals surface area (Å²) in [6.07, 6.45) is -2.57. The smallest absolute Gasteiger partial charge is 0.479 e. The van der Waals surface area contributed by atoms with Gasteiger partial charge in [0.25, 0.3) is 5.91 Å². The topological polar surface area (TPSA) is 65.3 Å². The number of benzene rings is 1. The zero-order valence-corrected chi connectivity index (χ0v) is 16.5. The maximum Gasteiger partial charge on any atom is 0.479 e. The number of para-hydroxylation sites is 1. The summed E-state index contributed by atoms with van der Waals surface area (Å²) in [6.45, 7) is 8.31. The van der Waals surface area contributed by atoms with Crippen molar-refractivity contribution >= 4 is 11.6 Å². The van der Waals surface area contributed by atoms with Crippen LogP contribution >= 0.6 is 0 Å². The average Bonchev–Trinajstić information content (AvgIpc) is 2.67. The van der Waals surface area contributed by atoms with Gasteiger partial charge in [-0.25, -0.2) is 0 Å². The molecule has 0 radical (unpaired) electrons. The Morgan fingerprint density at radius 1 is 1.28 bits per heavy atom. The highest BCUT2D eigenvalue weighted by molar-refractivity contribution is 6.07. The lowest BCUT2D eigenvalue weighted by Gasteiger charge is -2.19. The van der Waals surface area contributed by atoms with Crippen molar-refractivity contribution in [2.75, 3.05) is 11.9 Å². The molecule has 0 fully saturated rings. The van der Waals surface area contributed by atoms with E-state index < -0.39 is 23.3 Å². The van der Waals surface area contributed by atoms with Gasteiger partial charge in [0.05, 0.1) is 0 Å². The molecule has 156 valence electrons. The van der Waals surface area contributed by atoms with Crippen molar-refractivity contribution in [3.63, 3.8) is 0 Å². The Kier molecular flexibility index (Phi) is 6.89. The summed E-state index contributed by atoms with van der Waals surface area (Å²) in [5, 5.41) is 14.8. The molecule has 0 aliphatic heterocycles. The van der Waals surface area contributed by atoms with E-state index in [2.05, 4.69) is 11.9 Å². The Labute approximate surface area is 167 Å². The molecule has 0 bridgehead atoms. The monoisotopic (exact) mass is 408 g/mol. The maximum absolute atomic E-state index is 13.7. The van der Waals surface area contributed by atoms with E-state index in [1.54, 1.807) is 12.1 Å². The molecule has 2 aromatic rings. The van der Waals surface area contributed by atoms with Crippen LogP contribution in [-0.4, -0.2) is 12.5 Å². The van der Waals surface area contributed by atoms with Crippen LogP contribution in [0.2, 0.25) is 0 Å². The van der Waals surface area contributed by atoms with Crippen LogP contribution < -0.4 is 14.8 Å². The van der Waals surface area contributed by atoms with Crippen LogP contribution in [0.15, 0.2) is 36.9 Å². The first kappa shape index (κ1) is 22.3. The number of hydrogen-bond acceptors (Lipinski definition) is 3. The number of rotatable bonds is 7. The summed E-state index contributed by atoms with van der Waals surface area (Å²) in [4.78, 5) is 13.0. The number of halogens is 3. The minimum absolute atomic E-state index is 0.119. The third-order valence-electron chi connectivity index (χ3n) is 4.44. The first-order chi connectivity index (χ1) is 13.6. The second-order valence-electron chi connectivity index (χ2n) is 6.38. The SMILES string of the molecule is C=CCOc1cc(C)[n+]([O-])c(C(F)(F)F)c1C(=O)Nc1c(CC)cccc1CC. The van der Waals surface area contributed by atoms with Gasteiger partial charge in [-0.1, -0.05) is 44.7 Å². The van der Waals surface area contributed by atoms with Crippen molar-refractivity contribution in [2.45, 2.75) is 39.8 Å². The number of carbonyl (C=O) groups is 1. The fourth-order valence-corrected chi connectivity index (χ4v) is 3.03. The van der Waals surface area contributed by atoms with Gasteiger partial charge in [-0.3, -0.25) is 4.79 Å². The minimum Gasteiger partial charge on any atom is -0.618 e. The first-order valence-corrected chi connectivity index (χ1v) is 9.15. The van der Waals surface area contributed by atoms with Gasteiger partial charge in [0, 0.05) is 18.7 Å². The Morgan fingerprint density at radius 2 is 1.86 bits per heavy atom. The number of nitrogens with one attached hydrogen (secondary N) is 1. The Bertz CT molecular complexity index is 902. The molecule has 5 nitrogen and oxygen atoms in total. The van der Waals surface area contributed by atoms with Gasteiger partial charge < -0.3 is 15.3 Å². The number of hydrogen-bond donors (Lipinski definition) is 1. The van der Waals surface area contributed by atoms with E-state index in [-0.39, 0.29) is 22.8 Å². The number of aromatic nitrogens is 1. The molecule has 1 aromatic heterocycles. The summed E-state index contributed by atoms with van der Waals surface area (Å²) in [5.41, 5.74) is -0.697. The van der Waals surface area contributed by atoms with Gasteiger partial charge in [-0.15, -0.1) is 0 Å². The fraction of sp³-hybridized carbons (Fsp3) is 0.333. The summed E-state index contributed by atoms with van der Waals surface area (Å²) in [7, 11) is 0. The molecular weight excluding hydrogens is 385 g/mol. The van der Waals surface area contributed by atoms with E-state index in [9.17, 15) is 23.2 Å². The Balaban J connectivity index is 2.68. The predicted molar refractivity (Wildman–Crippen MR) is 104 cm³/mol. The number of alkyl halides is 3. The van der Waals surface area contributed by atoms with Crippen LogP contribution in [0.5, 0.6) is 5.75 Å². The van der Waals surface area contributed by atoms with Crippen molar-refractivity contribution in [3.05, 3.63) is 70.2 Å². The number of nitrogens with zero attached hydrogens (tertiary/aromatic N) is 1. The number of pyridine rings is 1. The van der Waals surface area contributed by atoms with Crippen LogP contribution in [0.25, 0.3) is 0 Å². The number of aryl methyl sites for hydroxylation is 3. The second-order valence-corrected chi connectivity index (χ2v) is 6.38. The molecule has 0 saturated heterocycles. The Hall–Kier alpha value is -3.03. The molecule has 1 N–H and O–H groups in total. The highest BCUT2D eigenvalue weighted by Crippen LogP contribution is 2.35. The molecule has 0 aliphatic carbocycles. The third kappa shape index (κ3) is 4.70. The van der Waals surface area contributed by atoms with Crippen molar-refractivity contribution in [1.82, 2.24) is 0 Å². The van der Waals surface area contributed by atoms with E-state index in [0.717, 1.165) is 17.2 Å². The zero-order valence-electron chi connectivity index (χ0n) is 16.5. The Morgan fingerprint density at radius 3 is 2.34 bits per heavy atom. The minimum atomic E-state index is -5.05. The lowest BCUT2D eigenvalue weighted by Crippen LogP contribution is -2.42. The summed E-state index contributed by atoms with van der Waals surface area (Å²) in [5.74, 6) is -1.39. The molecule has 1 heterocycles. The number of carbonyl (C=O) groups excluding carboxylic acids is 1. The summed E-state index contributed by atoms with van der Waals surface area (Å²) < 4.78 is 46.1. The molecule has 1 amide bonds. The normalized spacial score (nSPS) is 11.2. The molecule has 8 heteroatoms. The highest BCUT2D eigenvalue weighted by atomic mass is 19.4. The van der Waals surface area contributed by atoms with Crippen LogP contribution in [-0.2, 0) is 19.0 Å². The maximum atomic E-state index is 13.7. The number of anilines is 1. The van der Waals surface area contributed by atoms with Crippen molar-refractivity contribution < 1.29 is 27.4 Å². The van der Waals surface area contributed by atoms with Gasteiger partial charge in [0.1, 0.15) is 12.4 Å². The molecule has 2 rings (SSSR count). The van der Waals surface area contributed by atoms with Gasteiger partial charge >= 0.3 is 11.9 Å². The zero-order chi connectivity index (χ0) is 21.8. The lowest BCUT2D eigenvalue weighted by atomic mass is 10.0. The van der Waals surface area contributed by atoms with Crippen molar-refractivity contribution in [2.24, 2.45) is 0 Å². The van der Waals surface area contributed by atoms with Gasteiger partial charge in [-0.2, -0.15) is 17.9 Å². The van der Waals surface area contributed by atoms with Crippen molar-refractivity contribution in [1.29, 1.82) is 0 Å². The average molecular weight is 408 g/mol. The van der Waals surface area contributed by atoms with E-state index in [1.807, 2.05) is 19.9 Å². The quantitative estimate of drug-likeness (QED) is 0.414. The number of amides is 1. The van der Waals surface area contributed by atoms with Crippen LogP contribution in [0.4, 0.5) is 18.9 Å². The lowest BCUT2D eigenvalue weighted by molar-refractivity contribution is -0.635. The largest absolute Gasteiger partial charge is 0.618 e. The van der Waals surface area contributed by atoms with Gasteiger partial charge in [0.2, 0.25) is 0 Å². The van der Waals surface area contributed by atoms with E-state index in [0.29, 0.717) is 18.5 Å². The standard InChI is InChI=1S/C21H23F3N2O3/c1-5-11-29-16-12-13(4)26(28)19(21(22,23)24)17(16)20(27)25-18-14(6-2)9-8-10-15(18)7-3/h5,8-10,12H,1,6-7,11H2,2-4H3,(H,25,27). The van der Waals surface area contributed by atoms with E-state index >= 15 is 0 Å². The van der Waals surface area contributed by atoms with Crippen molar-refractivity contribution in [3.8, 4) is 5.75 Å².